The minimum atomic E-state index is 0.260. The summed E-state index contributed by atoms with van der Waals surface area (Å²) in [5.74, 6) is 0. The van der Waals surface area contributed by atoms with E-state index < -0.39 is 0 Å². The summed E-state index contributed by atoms with van der Waals surface area (Å²) in [4.78, 5) is 4.38. The van der Waals surface area contributed by atoms with Gasteiger partial charge >= 0.3 is 0 Å². The van der Waals surface area contributed by atoms with Gasteiger partial charge in [-0.2, -0.15) is 5.10 Å². The first kappa shape index (κ1) is 12.3. The highest BCUT2D eigenvalue weighted by Crippen LogP contribution is 2.23. The second kappa shape index (κ2) is 5.50. The summed E-state index contributed by atoms with van der Waals surface area (Å²) in [5, 5.41) is 11.1. The molecule has 0 saturated carbocycles. The predicted molar refractivity (Wildman–Crippen MR) is 77.4 cm³/mol. The second-order valence-corrected chi connectivity index (χ2v) is 5.35. The summed E-state index contributed by atoms with van der Waals surface area (Å²) in [5.41, 5.74) is 2.39. The third-order valence-corrected chi connectivity index (χ3v) is 3.95. The van der Waals surface area contributed by atoms with Gasteiger partial charge in [0.15, 0.2) is 0 Å². The summed E-state index contributed by atoms with van der Waals surface area (Å²) < 4.78 is 1.92. The fourth-order valence-electron chi connectivity index (χ4n) is 2.29. The van der Waals surface area contributed by atoms with Crippen LogP contribution in [0.25, 0.3) is 5.52 Å². The Morgan fingerprint density at radius 2 is 2.37 bits per heavy atom. The molecule has 0 spiro atoms. The van der Waals surface area contributed by atoms with Gasteiger partial charge in [0.05, 0.1) is 16.7 Å². The molecule has 0 amide bonds. The van der Waals surface area contributed by atoms with E-state index in [9.17, 15) is 0 Å². The van der Waals surface area contributed by atoms with Crippen molar-refractivity contribution in [2.45, 2.75) is 19.4 Å². The van der Waals surface area contributed by atoms with Crippen molar-refractivity contribution in [3.8, 4) is 0 Å². The molecule has 3 aromatic rings. The topological polar surface area (TPSA) is 42.2 Å². The van der Waals surface area contributed by atoms with Crippen molar-refractivity contribution in [3.63, 3.8) is 0 Å². The number of hydrogen-bond acceptors (Lipinski definition) is 4. The SMILES string of the molecule is CCNC(Cc1nccs1)c1cnn2ccccc12. The van der Waals surface area contributed by atoms with Gasteiger partial charge in [0.1, 0.15) is 0 Å². The van der Waals surface area contributed by atoms with Crippen LogP contribution in [0.15, 0.2) is 42.2 Å². The average molecular weight is 272 g/mol. The van der Waals surface area contributed by atoms with Gasteiger partial charge in [-0.1, -0.05) is 13.0 Å². The van der Waals surface area contributed by atoms with Crippen LogP contribution in [0.5, 0.6) is 0 Å². The van der Waals surface area contributed by atoms with Crippen LogP contribution in [0.1, 0.15) is 23.5 Å². The molecule has 0 aromatic carbocycles. The monoisotopic (exact) mass is 272 g/mol. The van der Waals surface area contributed by atoms with Crippen molar-refractivity contribution < 1.29 is 0 Å². The Bertz CT molecular complexity index is 644. The van der Waals surface area contributed by atoms with E-state index in [0.29, 0.717) is 0 Å². The molecule has 0 saturated heterocycles. The predicted octanol–water partition coefficient (Wildman–Crippen LogP) is 2.68. The molecular weight excluding hydrogens is 256 g/mol. The number of aromatic nitrogens is 3. The van der Waals surface area contributed by atoms with Crippen LogP contribution in [-0.4, -0.2) is 21.1 Å². The summed E-state index contributed by atoms with van der Waals surface area (Å²) >= 11 is 1.70. The zero-order chi connectivity index (χ0) is 13.1. The maximum Gasteiger partial charge on any atom is 0.0943 e. The van der Waals surface area contributed by atoms with E-state index in [2.05, 4.69) is 28.4 Å². The molecule has 19 heavy (non-hydrogen) atoms. The van der Waals surface area contributed by atoms with Crippen LogP contribution in [0.3, 0.4) is 0 Å². The molecule has 1 atom stereocenters. The Kier molecular flexibility index (Phi) is 3.57. The van der Waals surface area contributed by atoms with E-state index in [1.54, 1.807) is 11.3 Å². The molecule has 3 aromatic heterocycles. The zero-order valence-corrected chi connectivity index (χ0v) is 11.6. The molecule has 0 aliphatic carbocycles. The lowest BCUT2D eigenvalue weighted by molar-refractivity contribution is 0.552. The highest BCUT2D eigenvalue weighted by Gasteiger charge is 2.16. The van der Waals surface area contributed by atoms with Crippen molar-refractivity contribution >= 4 is 16.9 Å². The summed E-state index contributed by atoms with van der Waals surface area (Å²) in [6.45, 7) is 3.06. The number of hydrogen-bond donors (Lipinski definition) is 1. The smallest absolute Gasteiger partial charge is 0.0943 e. The molecule has 0 aliphatic rings. The number of thiazole rings is 1. The van der Waals surface area contributed by atoms with E-state index in [4.69, 9.17) is 0 Å². The van der Waals surface area contributed by atoms with Gasteiger partial charge in [-0.05, 0) is 18.7 Å². The average Bonchev–Trinajstić information content (AvgIpc) is 3.07. The third kappa shape index (κ3) is 2.52. The molecule has 5 heteroatoms. The van der Waals surface area contributed by atoms with Crippen molar-refractivity contribution in [2.75, 3.05) is 6.54 Å². The Balaban J connectivity index is 1.95. The fraction of sp³-hybridized carbons (Fsp3) is 0.286. The van der Waals surface area contributed by atoms with Crippen LogP contribution < -0.4 is 5.32 Å². The van der Waals surface area contributed by atoms with Gasteiger partial charge in [-0.25, -0.2) is 9.50 Å². The van der Waals surface area contributed by atoms with Gasteiger partial charge in [-0.15, -0.1) is 11.3 Å². The van der Waals surface area contributed by atoms with E-state index in [0.717, 1.165) is 23.5 Å². The van der Waals surface area contributed by atoms with Crippen molar-refractivity contribution in [1.29, 1.82) is 0 Å². The maximum absolute atomic E-state index is 4.41. The lowest BCUT2D eigenvalue weighted by Gasteiger charge is -2.15. The van der Waals surface area contributed by atoms with Gasteiger partial charge < -0.3 is 5.32 Å². The maximum atomic E-state index is 4.41. The van der Waals surface area contributed by atoms with E-state index >= 15 is 0 Å². The highest BCUT2D eigenvalue weighted by atomic mass is 32.1. The van der Waals surface area contributed by atoms with Crippen LogP contribution in [0.2, 0.25) is 0 Å². The minimum absolute atomic E-state index is 0.260. The molecule has 1 N–H and O–H groups in total. The van der Waals surface area contributed by atoms with Crippen molar-refractivity contribution in [3.05, 3.63) is 52.7 Å². The fourth-order valence-corrected chi connectivity index (χ4v) is 2.95. The first-order chi connectivity index (χ1) is 9.38. The molecule has 98 valence electrons. The number of rotatable bonds is 5. The lowest BCUT2D eigenvalue weighted by atomic mass is 10.1. The van der Waals surface area contributed by atoms with Gasteiger partial charge in [0.25, 0.3) is 0 Å². The number of fused-ring (bicyclic) bond motifs is 1. The van der Waals surface area contributed by atoms with Crippen LogP contribution >= 0.6 is 11.3 Å². The summed E-state index contributed by atoms with van der Waals surface area (Å²) in [6, 6.07) is 6.41. The van der Waals surface area contributed by atoms with Gasteiger partial charge in [0.2, 0.25) is 0 Å². The number of nitrogens with zero attached hydrogens (tertiary/aromatic N) is 3. The summed E-state index contributed by atoms with van der Waals surface area (Å²) in [7, 11) is 0. The van der Waals surface area contributed by atoms with Gasteiger partial charge in [-0.3, -0.25) is 0 Å². The molecule has 0 bridgehead atoms. The Morgan fingerprint density at radius 1 is 1.42 bits per heavy atom. The molecule has 3 rings (SSSR count). The Hall–Kier alpha value is -1.72. The normalized spacial score (nSPS) is 12.9. The molecule has 0 radical (unpaired) electrons. The van der Waals surface area contributed by atoms with E-state index in [-0.39, 0.29) is 6.04 Å². The number of pyridine rings is 1. The largest absolute Gasteiger partial charge is 0.310 e. The van der Waals surface area contributed by atoms with Crippen molar-refractivity contribution in [1.82, 2.24) is 19.9 Å². The van der Waals surface area contributed by atoms with E-state index in [1.807, 2.05) is 40.6 Å². The van der Waals surface area contributed by atoms with Crippen LogP contribution in [0, 0.1) is 0 Å². The van der Waals surface area contributed by atoms with E-state index in [1.165, 1.54) is 5.56 Å². The molecule has 3 heterocycles. The molecule has 1 unspecified atom stereocenters. The van der Waals surface area contributed by atoms with Crippen LogP contribution in [-0.2, 0) is 6.42 Å². The number of nitrogens with one attached hydrogen (secondary N) is 1. The standard InChI is InChI=1S/C14H16N4S/c1-2-15-12(9-14-16-6-8-19-14)11-10-17-18-7-4-3-5-13(11)18/h3-8,10,12,15H,2,9H2,1H3. The quantitative estimate of drug-likeness (QED) is 0.776. The lowest BCUT2D eigenvalue weighted by Crippen LogP contribution is -2.22. The zero-order valence-electron chi connectivity index (χ0n) is 10.8. The minimum Gasteiger partial charge on any atom is -0.310 e. The molecular formula is C14H16N4S. The molecule has 4 nitrogen and oxygen atoms in total. The Labute approximate surface area is 116 Å². The second-order valence-electron chi connectivity index (χ2n) is 4.37. The highest BCUT2D eigenvalue weighted by molar-refractivity contribution is 7.09. The molecule has 0 aliphatic heterocycles. The van der Waals surface area contributed by atoms with Crippen LogP contribution in [0.4, 0.5) is 0 Å². The molecule has 0 fully saturated rings. The van der Waals surface area contributed by atoms with Crippen molar-refractivity contribution in [2.24, 2.45) is 0 Å². The van der Waals surface area contributed by atoms with Gasteiger partial charge in [0, 0.05) is 35.8 Å². The Morgan fingerprint density at radius 3 is 3.16 bits per heavy atom. The third-order valence-electron chi connectivity index (χ3n) is 3.14. The summed E-state index contributed by atoms with van der Waals surface area (Å²) in [6.07, 6.45) is 6.70. The number of likely N-dealkylation sites (N-methyl/N-ethyl adjacent to an activating group) is 1. The first-order valence-electron chi connectivity index (χ1n) is 6.42. The first-order valence-corrected chi connectivity index (χ1v) is 7.30.